The van der Waals surface area contributed by atoms with Crippen LogP contribution >= 0.6 is 11.3 Å². The molecule has 0 aliphatic rings. The fourth-order valence-corrected chi connectivity index (χ4v) is 4.01. The summed E-state index contributed by atoms with van der Waals surface area (Å²) in [7, 11) is 0. The lowest BCUT2D eigenvalue weighted by Gasteiger charge is -2.05. The third kappa shape index (κ3) is 3.60. The van der Waals surface area contributed by atoms with Crippen molar-refractivity contribution in [3.63, 3.8) is 0 Å². The van der Waals surface area contributed by atoms with Gasteiger partial charge in [-0.05, 0) is 42.8 Å². The number of benzene rings is 3. The van der Waals surface area contributed by atoms with Crippen LogP contribution in [0.1, 0.15) is 11.1 Å². The van der Waals surface area contributed by atoms with Crippen LogP contribution in [0.15, 0.2) is 83.7 Å². The molecule has 146 valence electrons. The van der Waals surface area contributed by atoms with Crippen LogP contribution in [-0.2, 0) is 0 Å². The Morgan fingerprint density at radius 1 is 0.933 bits per heavy atom. The minimum Gasteiger partial charge on any atom is -0.457 e. The van der Waals surface area contributed by atoms with Gasteiger partial charge < -0.3 is 4.74 Å². The van der Waals surface area contributed by atoms with E-state index in [0.29, 0.717) is 21.1 Å². The molecule has 30 heavy (non-hydrogen) atoms. The molecule has 0 aliphatic carbocycles. The maximum Gasteiger partial charge on any atom is 0.291 e. The summed E-state index contributed by atoms with van der Waals surface area (Å²) in [5, 5.41) is 4.41. The SMILES string of the molecule is Cc1ccc(-c2nc3sc(=Cc4cccc(Oc5ccccc5)c4)c(=O)n3n2)cc1. The van der Waals surface area contributed by atoms with Crippen LogP contribution in [-0.4, -0.2) is 14.6 Å². The Morgan fingerprint density at radius 2 is 1.70 bits per heavy atom. The highest BCUT2D eigenvalue weighted by Gasteiger charge is 2.12. The van der Waals surface area contributed by atoms with Crippen LogP contribution in [0.3, 0.4) is 0 Å². The fourth-order valence-electron chi connectivity index (χ4n) is 3.10. The molecule has 5 aromatic rings. The van der Waals surface area contributed by atoms with Crippen molar-refractivity contribution in [2.75, 3.05) is 0 Å². The highest BCUT2D eigenvalue weighted by Crippen LogP contribution is 2.22. The first-order chi connectivity index (χ1) is 14.7. The van der Waals surface area contributed by atoms with Gasteiger partial charge in [0.05, 0.1) is 4.53 Å². The van der Waals surface area contributed by atoms with Crippen LogP contribution in [0.5, 0.6) is 11.5 Å². The van der Waals surface area contributed by atoms with Crippen molar-refractivity contribution in [1.29, 1.82) is 0 Å². The Kier molecular flexibility index (Phi) is 4.61. The molecule has 0 saturated heterocycles. The highest BCUT2D eigenvalue weighted by molar-refractivity contribution is 7.15. The van der Waals surface area contributed by atoms with E-state index in [-0.39, 0.29) is 5.56 Å². The van der Waals surface area contributed by atoms with Crippen molar-refractivity contribution in [1.82, 2.24) is 14.6 Å². The minimum absolute atomic E-state index is 0.171. The van der Waals surface area contributed by atoms with Crippen LogP contribution < -0.4 is 14.8 Å². The zero-order valence-electron chi connectivity index (χ0n) is 16.1. The first kappa shape index (κ1) is 18.3. The van der Waals surface area contributed by atoms with E-state index in [4.69, 9.17) is 4.74 Å². The number of hydrogen-bond donors (Lipinski definition) is 0. The van der Waals surface area contributed by atoms with Gasteiger partial charge >= 0.3 is 0 Å². The van der Waals surface area contributed by atoms with Gasteiger partial charge in [0.2, 0.25) is 4.96 Å². The van der Waals surface area contributed by atoms with E-state index in [1.165, 1.54) is 21.4 Å². The zero-order chi connectivity index (χ0) is 20.5. The summed E-state index contributed by atoms with van der Waals surface area (Å²) in [5.41, 5.74) is 2.77. The van der Waals surface area contributed by atoms with Crippen molar-refractivity contribution < 1.29 is 4.74 Å². The smallest absolute Gasteiger partial charge is 0.291 e. The lowest BCUT2D eigenvalue weighted by Crippen LogP contribution is -2.23. The number of aryl methyl sites for hydroxylation is 1. The van der Waals surface area contributed by atoms with Crippen LogP contribution in [0, 0.1) is 6.92 Å². The van der Waals surface area contributed by atoms with E-state index in [1.54, 1.807) is 0 Å². The van der Waals surface area contributed by atoms with Crippen molar-refractivity contribution in [3.05, 3.63) is 105 Å². The molecular weight excluding hydrogens is 394 g/mol. The van der Waals surface area contributed by atoms with Crippen molar-refractivity contribution in [2.45, 2.75) is 6.92 Å². The number of nitrogens with zero attached hydrogens (tertiary/aromatic N) is 3. The number of para-hydroxylation sites is 1. The summed E-state index contributed by atoms with van der Waals surface area (Å²) in [6.07, 6.45) is 1.84. The summed E-state index contributed by atoms with van der Waals surface area (Å²) < 4.78 is 7.83. The molecule has 6 heteroatoms. The molecule has 0 unspecified atom stereocenters. The molecule has 0 saturated carbocycles. The molecular formula is C24H17N3O2S. The van der Waals surface area contributed by atoms with Gasteiger partial charge in [0.25, 0.3) is 5.56 Å². The van der Waals surface area contributed by atoms with Gasteiger partial charge in [-0.25, -0.2) is 0 Å². The summed E-state index contributed by atoms with van der Waals surface area (Å²) in [5.74, 6) is 2.04. The molecule has 0 spiro atoms. The number of fused-ring (bicyclic) bond motifs is 1. The second-order valence-corrected chi connectivity index (χ2v) is 7.91. The molecule has 0 radical (unpaired) electrons. The third-order valence-corrected chi connectivity index (χ3v) is 5.59. The Bertz CT molecular complexity index is 1440. The molecule has 2 heterocycles. The van der Waals surface area contributed by atoms with Gasteiger partial charge in [-0.2, -0.15) is 9.50 Å². The lowest BCUT2D eigenvalue weighted by atomic mass is 10.1. The van der Waals surface area contributed by atoms with Crippen LogP contribution in [0.2, 0.25) is 0 Å². The van der Waals surface area contributed by atoms with Gasteiger partial charge in [0.1, 0.15) is 11.5 Å². The molecule has 5 rings (SSSR count). The Hall–Kier alpha value is -3.77. The van der Waals surface area contributed by atoms with E-state index in [2.05, 4.69) is 10.1 Å². The molecule has 0 amide bonds. The molecule has 0 fully saturated rings. The largest absolute Gasteiger partial charge is 0.457 e. The van der Waals surface area contributed by atoms with E-state index in [9.17, 15) is 4.79 Å². The summed E-state index contributed by atoms with van der Waals surface area (Å²) in [6, 6.07) is 25.2. The predicted molar refractivity (Wildman–Crippen MR) is 119 cm³/mol. The Morgan fingerprint density at radius 3 is 2.47 bits per heavy atom. The predicted octanol–water partition coefficient (Wildman–Crippen LogP) is 4.47. The normalized spacial score (nSPS) is 11.8. The van der Waals surface area contributed by atoms with E-state index in [0.717, 1.165) is 16.9 Å². The topological polar surface area (TPSA) is 56.5 Å². The first-order valence-electron chi connectivity index (χ1n) is 9.47. The van der Waals surface area contributed by atoms with Gasteiger partial charge in [0, 0.05) is 5.56 Å². The lowest BCUT2D eigenvalue weighted by molar-refractivity contribution is 0.482. The summed E-state index contributed by atoms with van der Waals surface area (Å²) in [6.45, 7) is 2.03. The van der Waals surface area contributed by atoms with Gasteiger partial charge in [-0.3, -0.25) is 4.79 Å². The van der Waals surface area contributed by atoms with E-state index in [1.807, 2.05) is 91.9 Å². The van der Waals surface area contributed by atoms with Gasteiger partial charge in [-0.1, -0.05) is 71.5 Å². The fraction of sp³-hybridized carbons (Fsp3) is 0.0417. The van der Waals surface area contributed by atoms with E-state index < -0.39 is 0 Å². The van der Waals surface area contributed by atoms with E-state index >= 15 is 0 Å². The van der Waals surface area contributed by atoms with Crippen molar-refractivity contribution in [3.8, 4) is 22.9 Å². The Balaban J connectivity index is 1.48. The zero-order valence-corrected chi connectivity index (χ0v) is 17.0. The quantitative estimate of drug-likeness (QED) is 0.438. The third-order valence-electron chi connectivity index (χ3n) is 4.63. The molecule has 2 aromatic heterocycles. The molecule has 0 bridgehead atoms. The second kappa shape index (κ2) is 7.57. The number of ether oxygens (including phenoxy) is 1. The van der Waals surface area contributed by atoms with Crippen LogP contribution in [0.4, 0.5) is 0 Å². The monoisotopic (exact) mass is 411 g/mol. The molecule has 3 aromatic carbocycles. The average molecular weight is 411 g/mol. The molecule has 0 N–H and O–H groups in total. The molecule has 5 nitrogen and oxygen atoms in total. The first-order valence-corrected chi connectivity index (χ1v) is 10.3. The standard InChI is InChI=1S/C24H17N3O2S/c1-16-10-12-18(13-11-16)22-25-24-27(26-22)23(28)21(30-24)15-17-6-5-9-20(14-17)29-19-7-3-2-4-8-19/h2-15H,1H3. The number of hydrogen-bond acceptors (Lipinski definition) is 5. The Labute approximate surface area is 176 Å². The maximum atomic E-state index is 12.8. The minimum atomic E-state index is -0.171. The molecule has 0 atom stereocenters. The number of thiazole rings is 1. The average Bonchev–Trinajstić information content (AvgIpc) is 3.29. The number of aromatic nitrogens is 3. The number of rotatable bonds is 4. The second-order valence-electron chi connectivity index (χ2n) is 6.90. The summed E-state index contributed by atoms with van der Waals surface area (Å²) >= 11 is 1.33. The van der Waals surface area contributed by atoms with Crippen molar-refractivity contribution >= 4 is 22.4 Å². The maximum absolute atomic E-state index is 12.8. The van der Waals surface area contributed by atoms with Gasteiger partial charge in [0.15, 0.2) is 5.82 Å². The van der Waals surface area contributed by atoms with Crippen LogP contribution in [0.25, 0.3) is 22.4 Å². The highest BCUT2D eigenvalue weighted by atomic mass is 32.1. The summed E-state index contributed by atoms with van der Waals surface area (Å²) in [4.78, 5) is 17.9. The van der Waals surface area contributed by atoms with Gasteiger partial charge in [-0.15, -0.1) is 5.10 Å². The van der Waals surface area contributed by atoms with Crippen molar-refractivity contribution in [2.24, 2.45) is 0 Å². The molecule has 0 aliphatic heterocycles.